The van der Waals surface area contributed by atoms with Crippen molar-refractivity contribution < 1.29 is 5.11 Å². The van der Waals surface area contributed by atoms with Gasteiger partial charge in [0.25, 0.3) is 0 Å². The summed E-state index contributed by atoms with van der Waals surface area (Å²) in [7, 11) is 0. The van der Waals surface area contributed by atoms with E-state index in [-0.39, 0.29) is 6.61 Å². The SMILES string of the molecule is Nc1cccc(CN(CCCO)Cc2cccc(N)n2)n1. The van der Waals surface area contributed by atoms with Crippen molar-refractivity contribution >= 4 is 11.6 Å². The topological polar surface area (TPSA) is 101 Å². The molecule has 0 saturated carbocycles. The van der Waals surface area contributed by atoms with Crippen LogP contribution in [0.25, 0.3) is 0 Å². The molecule has 0 atom stereocenters. The minimum atomic E-state index is 0.158. The minimum Gasteiger partial charge on any atom is -0.396 e. The molecule has 2 aromatic heterocycles. The Balaban J connectivity index is 2.06. The molecule has 0 aliphatic carbocycles. The molecule has 6 nitrogen and oxygen atoms in total. The van der Waals surface area contributed by atoms with Crippen LogP contribution in [-0.2, 0) is 13.1 Å². The Hall–Kier alpha value is -2.18. The number of nitrogen functional groups attached to an aromatic ring is 2. The van der Waals surface area contributed by atoms with E-state index >= 15 is 0 Å². The average Bonchev–Trinajstić information content (AvgIpc) is 2.45. The van der Waals surface area contributed by atoms with Crippen LogP contribution < -0.4 is 11.5 Å². The zero-order valence-corrected chi connectivity index (χ0v) is 11.9. The van der Waals surface area contributed by atoms with Gasteiger partial charge in [-0.25, -0.2) is 9.97 Å². The van der Waals surface area contributed by atoms with Crippen molar-refractivity contribution in [3.05, 3.63) is 47.8 Å². The molecule has 2 aromatic rings. The van der Waals surface area contributed by atoms with E-state index in [0.717, 1.165) is 17.9 Å². The summed E-state index contributed by atoms with van der Waals surface area (Å²) in [6, 6.07) is 11.2. The summed E-state index contributed by atoms with van der Waals surface area (Å²) < 4.78 is 0. The molecule has 0 unspecified atom stereocenters. The molecule has 0 bridgehead atoms. The lowest BCUT2D eigenvalue weighted by Gasteiger charge is -2.21. The van der Waals surface area contributed by atoms with Gasteiger partial charge >= 0.3 is 0 Å². The van der Waals surface area contributed by atoms with Crippen molar-refractivity contribution in [2.45, 2.75) is 19.5 Å². The van der Waals surface area contributed by atoms with Crippen LogP contribution in [0.5, 0.6) is 0 Å². The Labute approximate surface area is 124 Å². The van der Waals surface area contributed by atoms with Gasteiger partial charge in [-0.3, -0.25) is 4.90 Å². The van der Waals surface area contributed by atoms with E-state index in [4.69, 9.17) is 16.6 Å². The molecule has 0 amide bonds. The Morgan fingerprint density at radius 1 is 0.905 bits per heavy atom. The Kier molecular flexibility index (Phi) is 5.48. The van der Waals surface area contributed by atoms with Crippen LogP contribution in [0.3, 0.4) is 0 Å². The zero-order chi connectivity index (χ0) is 15.1. The van der Waals surface area contributed by atoms with E-state index in [2.05, 4.69) is 14.9 Å². The summed E-state index contributed by atoms with van der Waals surface area (Å²) in [5.41, 5.74) is 13.2. The summed E-state index contributed by atoms with van der Waals surface area (Å²) in [5.74, 6) is 1.02. The highest BCUT2D eigenvalue weighted by Gasteiger charge is 2.09. The third-order valence-electron chi connectivity index (χ3n) is 3.06. The van der Waals surface area contributed by atoms with Gasteiger partial charge in [-0.1, -0.05) is 12.1 Å². The number of pyridine rings is 2. The van der Waals surface area contributed by atoms with Crippen LogP contribution in [-0.4, -0.2) is 33.1 Å². The normalized spacial score (nSPS) is 11.0. The van der Waals surface area contributed by atoms with Crippen molar-refractivity contribution in [1.82, 2.24) is 14.9 Å². The van der Waals surface area contributed by atoms with Gasteiger partial charge in [-0.15, -0.1) is 0 Å². The summed E-state index contributed by atoms with van der Waals surface area (Å²) >= 11 is 0. The molecular formula is C15H21N5O. The smallest absolute Gasteiger partial charge is 0.123 e. The molecule has 0 aliphatic heterocycles. The number of nitrogens with zero attached hydrogens (tertiary/aromatic N) is 3. The number of aromatic nitrogens is 2. The van der Waals surface area contributed by atoms with Crippen LogP contribution in [0.4, 0.5) is 11.6 Å². The highest BCUT2D eigenvalue weighted by molar-refractivity contribution is 5.29. The molecule has 21 heavy (non-hydrogen) atoms. The van der Waals surface area contributed by atoms with Gasteiger partial charge in [0.2, 0.25) is 0 Å². The molecule has 112 valence electrons. The number of hydrogen-bond donors (Lipinski definition) is 3. The molecule has 0 saturated heterocycles. The molecule has 2 heterocycles. The highest BCUT2D eigenvalue weighted by Crippen LogP contribution is 2.10. The molecule has 0 aromatic carbocycles. The largest absolute Gasteiger partial charge is 0.396 e. The molecule has 0 spiro atoms. The molecule has 2 rings (SSSR count). The first kappa shape index (κ1) is 15.2. The first-order chi connectivity index (χ1) is 10.2. The monoisotopic (exact) mass is 287 g/mol. The van der Waals surface area contributed by atoms with Gasteiger partial charge in [0.05, 0.1) is 11.4 Å². The predicted molar refractivity (Wildman–Crippen MR) is 83.1 cm³/mol. The van der Waals surface area contributed by atoms with E-state index in [1.54, 1.807) is 12.1 Å². The first-order valence-electron chi connectivity index (χ1n) is 6.93. The van der Waals surface area contributed by atoms with Crippen molar-refractivity contribution in [3.63, 3.8) is 0 Å². The molecule has 0 aliphatic rings. The zero-order valence-electron chi connectivity index (χ0n) is 11.9. The molecule has 5 N–H and O–H groups in total. The van der Waals surface area contributed by atoms with E-state index < -0.39 is 0 Å². The highest BCUT2D eigenvalue weighted by atomic mass is 16.3. The van der Waals surface area contributed by atoms with Crippen molar-refractivity contribution in [3.8, 4) is 0 Å². The van der Waals surface area contributed by atoms with Gasteiger partial charge in [0.15, 0.2) is 0 Å². The fourth-order valence-corrected chi connectivity index (χ4v) is 2.14. The van der Waals surface area contributed by atoms with Crippen LogP contribution in [0, 0.1) is 0 Å². The molecule has 0 fully saturated rings. The third kappa shape index (κ3) is 5.02. The van der Waals surface area contributed by atoms with Gasteiger partial charge in [-0.2, -0.15) is 0 Å². The van der Waals surface area contributed by atoms with Crippen molar-refractivity contribution in [2.75, 3.05) is 24.6 Å². The number of nitrogens with two attached hydrogens (primary N) is 2. The van der Waals surface area contributed by atoms with Crippen LogP contribution in [0.1, 0.15) is 17.8 Å². The molecular weight excluding hydrogens is 266 g/mol. The van der Waals surface area contributed by atoms with E-state index in [1.807, 2.05) is 24.3 Å². The van der Waals surface area contributed by atoms with Crippen molar-refractivity contribution in [1.29, 1.82) is 0 Å². The van der Waals surface area contributed by atoms with Crippen molar-refractivity contribution in [2.24, 2.45) is 0 Å². The maximum Gasteiger partial charge on any atom is 0.123 e. The standard InChI is InChI=1S/C15H21N5O/c16-14-6-1-4-12(18-14)10-20(8-3-9-21)11-13-5-2-7-15(17)19-13/h1-2,4-7,21H,3,8-11H2,(H2,16,18)(H2,17,19). The van der Waals surface area contributed by atoms with Gasteiger partial charge < -0.3 is 16.6 Å². The van der Waals surface area contributed by atoms with E-state index in [0.29, 0.717) is 31.1 Å². The second-order valence-corrected chi connectivity index (χ2v) is 4.90. The number of rotatable bonds is 7. The van der Waals surface area contributed by atoms with Crippen LogP contribution in [0.2, 0.25) is 0 Å². The minimum absolute atomic E-state index is 0.158. The van der Waals surface area contributed by atoms with Crippen LogP contribution >= 0.6 is 0 Å². The second-order valence-electron chi connectivity index (χ2n) is 4.90. The van der Waals surface area contributed by atoms with Gasteiger partial charge in [0, 0.05) is 26.2 Å². The maximum atomic E-state index is 9.04. The van der Waals surface area contributed by atoms with Crippen LogP contribution in [0.15, 0.2) is 36.4 Å². The Bertz CT molecular complexity index is 528. The summed E-state index contributed by atoms with van der Waals surface area (Å²) in [6.45, 7) is 2.22. The Morgan fingerprint density at radius 2 is 1.43 bits per heavy atom. The predicted octanol–water partition coefficient (Wildman–Crippen LogP) is 1.03. The first-order valence-corrected chi connectivity index (χ1v) is 6.93. The van der Waals surface area contributed by atoms with E-state index in [1.165, 1.54) is 0 Å². The molecule has 0 radical (unpaired) electrons. The van der Waals surface area contributed by atoms with Gasteiger partial charge in [0.1, 0.15) is 11.6 Å². The maximum absolute atomic E-state index is 9.04. The lowest BCUT2D eigenvalue weighted by molar-refractivity contribution is 0.209. The number of hydrogen-bond acceptors (Lipinski definition) is 6. The summed E-state index contributed by atoms with van der Waals surface area (Å²) in [6.07, 6.45) is 0.699. The summed E-state index contributed by atoms with van der Waals surface area (Å²) in [4.78, 5) is 10.8. The third-order valence-corrected chi connectivity index (χ3v) is 3.06. The van der Waals surface area contributed by atoms with Gasteiger partial charge in [-0.05, 0) is 30.7 Å². The fraction of sp³-hybridized carbons (Fsp3) is 0.333. The average molecular weight is 287 g/mol. The fourth-order valence-electron chi connectivity index (χ4n) is 2.14. The molecule has 6 heteroatoms. The lowest BCUT2D eigenvalue weighted by Crippen LogP contribution is -2.25. The number of aliphatic hydroxyl groups excluding tert-OH is 1. The summed E-state index contributed by atoms with van der Waals surface area (Å²) in [5, 5.41) is 9.04. The Morgan fingerprint density at radius 3 is 1.86 bits per heavy atom. The number of anilines is 2. The van der Waals surface area contributed by atoms with E-state index in [9.17, 15) is 0 Å². The quantitative estimate of drug-likeness (QED) is 0.703. The number of aliphatic hydroxyl groups is 1. The lowest BCUT2D eigenvalue weighted by atomic mass is 10.2. The second kappa shape index (κ2) is 7.56.